The third-order valence-electron chi connectivity index (χ3n) is 2.32. The molecule has 1 saturated heterocycles. The van der Waals surface area contributed by atoms with Crippen LogP contribution in [-0.2, 0) is 4.79 Å². The molecule has 1 unspecified atom stereocenters. The molecule has 0 aromatic heterocycles. The van der Waals surface area contributed by atoms with Crippen molar-refractivity contribution >= 4 is 18.2 Å². The van der Waals surface area contributed by atoms with Crippen LogP contribution in [0.1, 0.15) is 33.1 Å². The van der Waals surface area contributed by atoms with Crippen LogP contribution in [-0.4, -0.2) is 17.9 Å². The van der Waals surface area contributed by atoms with Crippen LogP contribution in [0.15, 0.2) is 0 Å². The quantitative estimate of drug-likeness (QED) is 0.658. The summed E-state index contributed by atoms with van der Waals surface area (Å²) >= 11 is 0. The van der Waals surface area contributed by atoms with E-state index < -0.39 is 0 Å². The van der Waals surface area contributed by atoms with E-state index >= 15 is 0 Å². The Kier molecular flexibility index (Phi) is 4.04. The molecule has 1 rings (SSSR count). The Morgan fingerprint density at radius 2 is 2.27 bits per heavy atom. The number of hydrogen-bond acceptors (Lipinski definition) is 2. The molecule has 1 aliphatic rings. The number of Topliss-reactive ketones (excluding diaryl/α,β-unsaturated/α-hetero) is 1. The standard InChI is InChI=1S/C8H15NO.ClH/c1-3-8(2)6-7(10)4-5-9-8;/h9H,3-6H2,1-2H3;1H. The highest BCUT2D eigenvalue weighted by atomic mass is 35.5. The van der Waals surface area contributed by atoms with E-state index in [1.807, 2.05) is 0 Å². The molecular formula is C8H16ClNO. The van der Waals surface area contributed by atoms with E-state index in [9.17, 15) is 4.79 Å². The Bertz CT molecular complexity index is 149. The second-order valence-electron chi connectivity index (χ2n) is 3.31. The van der Waals surface area contributed by atoms with E-state index in [1.54, 1.807) is 0 Å². The number of ketones is 1. The van der Waals surface area contributed by atoms with Gasteiger partial charge in [0.05, 0.1) is 0 Å². The van der Waals surface area contributed by atoms with E-state index in [0.29, 0.717) is 12.2 Å². The summed E-state index contributed by atoms with van der Waals surface area (Å²) in [6, 6.07) is 0. The molecule has 3 heteroatoms. The molecule has 0 radical (unpaired) electrons. The average Bonchev–Trinajstić information content (AvgIpc) is 1.88. The van der Waals surface area contributed by atoms with Crippen LogP contribution in [0.5, 0.6) is 0 Å². The molecule has 0 bridgehead atoms. The number of carbonyl (C=O) groups excluding carboxylic acids is 1. The van der Waals surface area contributed by atoms with Crippen LogP contribution in [0.2, 0.25) is 0 Å². The Labute approximate surface area is 74.2 Å². The fraction of sp³-hybridized carbons (Fsp3) is 0.875. The van der Waals surface area contributed by atoms with Crippen molar-refractivity contribution in [3.05, 3.63) is 0 Å². The zero-order valence-electron chi connectivity index (χ0n) is 7.14. The third-order valence-corrected chi connectivity index (χ3v) is 2.32. The first kappa shape index (κ1) is 10.9. The maximum Gasteiger partial charge on any atom is 0.136 e. The maximum atomic E-state index is 11.0. The van der Waals surface area contributed by atoms with E-state index in [4.69, 9.17) is 0 Å². The highest BCUT2D eigenvalue weighted by Crippen LogP contribution is 2.18. The number of rotatable bonds is 1. The number of carbonyl (C=O) groups is 1. The van der Waals surface area contributed by atoms with Gasteiger partial charge >= 0.3 is 0 Å². The predicted molar refractivity (Wildman–Crippen MR) is 48.2 cm³/mol. The van der Waals surface area contributed by atoms with Gasteiger partial charge in [0.25, 0.3) is 0 Å². The van der Waals surface area contributed by atoms with Gasteiger partial charge in [0.1, 0.15) is 5.78 Å². The zero-order valence-corrected chi connectivity index (χ0v) is 7.96. The lowest BCUT2D eigenvalue weighted by Crippen LogP contribution is -2.48. The molecule has 0 aromatic rings. The van der Waals surface area contributed by atoms with E-state index in [1.165, 1.54) is 0 Å². The second-order valence-corrected chi connectivity index (χ2v) is 3.31. The highest BCUT2D eigenvalue weighted by Gasteiger charge is 2.28. The van der Waals surface area contributed by atoms with Crippen LogP contribution in [0.3, 0.4) is 0 Å². The fourth-order valence-corrected chi connectivity index (χ4v) is 1.34. The number of nitrogens with one attached hydrogen (secondary N) is 1. The number of piperidine rings is 1. The summed E-state index contributed by atoms with van der Waals surface area (Å²) in [6.07, 6.45) is 2.47. The molecule has 1 atom stereocenters. The first-order valence-corrected chi connectivity index (χ1v) is 3.93. The monoisotopic (exact) mass is 177 g/mol. The van der Waals surface area contributed by atoms with Gasteiger partial charge in [-0.25, -0.2) is 0 Å². The van der Waals surface area contributed by atoms with Crippen molar-refractivity contribution in [1.82, 2.24) is 5.32 Å². The van der Waals surface area contributed by atoms with Crippen molar-refractivity contribution in [2.24, 2.45) is 0 Å². The van der Waals surface area contributed by atoms with Gasteiger partial charge in [-0.1, -0.05) is 6.92 Å². The van der Waals surface area contributed by atoms with Crippen molar-refractivity contribution < 1.29 is 4.79 Å². The van der Waals surface area contributed by atoms with Gasteiger partial charge in [-0.05, 0) is 13.3 Å². The predicted octanol–water partition coefficient (Wildman–Crippen LogP) is 1.53. The summed E-state index contributed by atoms with van der Waals surface area (Å²) in [4.78, 5) is 11.0. The fourth-order valence-electron chi connectivity index (χ4n) is 1.34. The Balaban J connectivity index is 0.000001000. The average molecular weight is 178 g/mol. The van der Waals surface area contributed by atoms with Gasteiger partial charge < -0.3 is 5.32 Å². The summed E-state index contributed by atoms with van der Waals surface area (Å²) in [7, 11) is 0. The first-order chi connectivity index (χ1) is 4.66. The van der Waals surface area contributed by atoms with E-state index in [-0.39, 0.29) is 17.9 Å². The summed E-state index contributed by atoms with van der Waals surface area (Å²) in [5.41, 5.74) is 0.0926. The van der Waals surface area contributed by atoms with Gasteiger partial charge in [-0.3, -0.25) is 4.79 Å². The maximum absolute atomic E-state index is 11.0. The van der Waals surface area contributed by atoms with E-state index in [0.717, 1.165) is 19.4 Å². The number of hydrogen-bond donors (Lipinski definition) is 1. The smallest absolute Gasteiger partial charge is 0.136 e. The summed E-state index contributed by atoms with van der Waals surface area (Å²) in [5.74, 6) is 0.406. The Morgan fingerprint density at radius 1 is 1.64 bits per heavy atom. The lowest BCUT2D eigenvalue weighted by molar-refractivity contribution is -0.121. The number of halogens is 1. The van der Waals surface area contributed by atoms with Crippen molar-refractivity contribution in [2.45, 2.75) is 38.6 Å². The van der Waals surface area contributed by atoms with Crippen LogP contribution in [0.25, 0.3) is 0 Å². The van der Waals surface area contributed by atoms with Crippen molar-refractivity contribution in [3.8, 4) is 0 Å². The molecule has 1 fully saturated rings. The summed E-state index contributed by atoms with van der Waals surface area (Å²) < 4.78 is 0. The van der Waals surface area contributed by atoms with Crippen molar-refractivity contribution in [2.75, 3.05) is 6.54 Å². The third kappa shape index (κ3) is 2.80. The summed E-state index contributed by atoms with van der Waals surface area (Å²) in [5, 5.41) is 3.35. The summed E-state index contributed by atoms with van der Waals surface area (Å²) in [6.45, 7) is 5.10. The minimum atomic E-state index is 0. The normalized spacial score (nSPS) is 31.3. The molecule has 0 aliphatic carbocycles. The van der Waals surface area contributed by atoms with Gasteiger partial charge in [0, 0.05) is 24.9 Å². The molecule has 66 valence electrons. The molecule has 1 aliphatic heterocycles. The molecule has 11 heavy (non-hydrogen) atoms. The van der Waals surface area contributed by atoms with Gasteiger partial charge in [0.15, 0.2) is 0 Å². The molecule has 1 heterocycles. The Morgan fingerprint density at radius 3 is 2.64 bits per heavy atom. The minimum Gasteiger partial charge on any atom is -0.311 e. The van der Waals surface area contributed by atoms with Crippen LogP contribution in [0.4, 0.5) is 0 Å². The largest absolute Gasteiger partial charge is 0.311 e. The molecule has 2 nitrogen and oxygen atoms in total. The van der Waals surface area contributed by atoms with Gasteiger partial charge in [0.2, 0.25) is 0 Å². The van der Waals surface area contributed by atoms with Crippen LogP contribution >= 0.6 is 12.4 Å². The first-order valence-electron chi connectivity index (χ1n) is 3.93. The van der Waals surface area contributed by atoms with Crippen LogP contribution in [0, 0.1) is 0 Å². The molecule has 0 saturated carbocycles. The van der Waals surface area contributed by atoms with Crippen molar-refractivity contribution in [3.63, 3.8) is 0 Å². The van der Waals surface area contributed by atoms with Gasteiger partial charge in [-0.2, -0.15) is 0 Å². The lowest BCUT2D eigenvalue weighted by Gasteiger charge is -2.32. The Hall–Kier alpha value is -0.0800. The van der Waals surface area contributed by atoms with Gasteiger partial charge in [-0.15, -0.1) is 12.4 Å². The molecule has 0 amide bonds. The lowest BCUT2D eigenvalue weighted by atomic mass is 9.88. The SMILES string of the molecule is CCC1(C)CC(=O)CCN1.Cl. The zero-order chi connectivity index (χ0) is 7.61. The molecule has 0 spiro atoms. The molecular weight excluding hydrogens is 162 g/mol. The highest BCUT2D eigenvalue weighted by molar-refractivity contribution is 5.85. The topological polar surface area (TPSA) is 29.1 Å². The van der Waals surface area contributed by atoms with E-state index in [2.05, 4.69) is 19.2 Å². The minimum absolute atomic E-state index is 0. The van der Waals surface area contributed by atoms with Crippen LogP contribution < -0.4 is 5.32 Å². The molecule has 0 aromatic carbocycles. The van der Waals surface area contributed by atoms with Crippen molar-refractivity contribution in [1.29, 1.82) is 0 Å². The molecule has 1 N–H and O–H groups in total. The second kappa shape index (κ2) is 4.07.